The number of nitrogens with zero attached hydrogens (tertiary/aromatic N) is 2. The molecular formula is C15H20N2O4. The maximum Gasteiger partial charge on any atom is 0.237 e. The van der Waals surface area contributed by atoms with E-state index in [4.69, 9.17) is 9.47 Å². The smallest absolute Gasteiger partial charge is 0.237 e. The van der Waals surface area contributed by atoms with Crippen LogP contribution in [-0.2, 0) is 4.79 Å². The Balaban J connectivity index is 2.10. The van der Waals surface area contributed by atoms with Gasteiger partial charge < -0.3 is 19.3 Å². The predicted octanol–water partition coefficient (Wildman–Crippen LogP) is 1.01. The topological polar surface area (TPSA) is 59.1 Å². The molecule has 0 spiro atoms. The minimum Gasteiger partial charge on any atom is -0.454 e. The van der Waals surface area contributed by atoms with Gasteiger partial charge in [-0.25, -0.2) is 0 Å². The molecule has 0 saturated carbocycles. The number of ketones is 1. The monoisotopic (exact) mass is 292 g/mol. The van der Waals surface area contributed by atoms with Crippen LogP contribution in [0.5, 0.6) is 11.5 Å². The summed E-state index contributed by atoms with van der Waals surface area (Å²) in [5.74, 6) is 0.982. The van der Waals surface area contributed by atoms with Crippen molar-refractivity contribution in [2.75, 3.05) is 34.5 Å². The van der Waals surface area contributed by atoms with Crippen LogP contribution in [0.4, 0.5) is 0 Å². The van der Waals surface area contributed by atoms with Gasteiger partial charge in [-0.1, -0.05) is 0 Å². The fourth-order valence-corrected chi connectivity index (χ4v) is 2.06. The van der Waals surface area contributed by atoms with E-state index in [0.29, 0.717) is 17.1 Å². The van der Waals surface area contributed by atoms with E-state index in [2.05, 4.69) is 0 Å². The maximum atomic E-state index is 12.5. The first-order chi connectivity index (χ1) is 9.90. The summed E-state index contributed by atoms with van der Waals surface area (Å²) in [6.45, 7) is 2.17. The predicted molar refractivity (Wildman–Crippen MR) is 77.7 cm³/mol. The van der Waals surface area contributed by atoms with E-state index in [-0.39, 0.29) is 25.0 Å². The highest BCUT2D eigenvalue weighted by atomic mass is 16.7. The van der Waals surface area contributed by atoms with Crippen LogP contribution in [0.15, 0.2) is 18.2 Å². The summed E-state index contributed by atoms with van der Waals surface area (Å²) in [7, 11) is 5.27. The number of carbonyl (C=O) groups is 2. The lowest BCUT2D eigenvalue weighted by Crippen LogP contribution is -2.44. The van der Waals surface area contributed by atoms with E-state index in [9.17, 15) is 9.59 Å². The largest absolute Gasteiger partial charge is 0.454 e. The van der Waals surface area contributed by atoms with E-state index in [1.807, 2.05) is 14.1 Å². The Morgan fingerprint density at radius 3 is 2.52 bits per heavy atom. The SMILES string of the molecule is CC(C(=O)c1ccc2c(c1)OCO2)N(C)C(=O)CN(C)C. The zero-order chi connectivity index (χ0) is 15.6. The molecular weight excluding hydrogens is 272 g/mol. The number of amides is 1. The van der Waals surface area contributed by atoms with Crippen LogP contribution < -0.4 is 9.47 Å². The lowest BCUT2D eigenvalue weighted by Gasteiger charge is -2.25. The third-order valence-electron chi connectivity index (χ3n) is 3.46. The van der Waals surface area contributed by atoms with Crippen LogP contribution in [0.1, 0.15) is 17.3 Å². The first-order valence-corrected chi connectivity index (χ1v) is 6.74. The Morgan fingerprint density at radius 2 is 1.86 bits per heavy atom. The van der Waals surface area contributed by atoms with Gasteiger partial charge in [-0.2, -0.15) is 0 Å². The van der Waals surface area contributed by atoms with Crippen LogP contribution in [0.25, 0.3) is 0 Å². The molecule has 2 rings (SSSR count). The quantitative estimate of drug-likeness (QED) is 0.758. The van der Waals surface area contributed by atoms with Gasteiger partial charge >= 0.3 is 0 Å². The van der Waals surface area contributed by atoms with Crippen molar-refractivity contribution < 1.29 is 19.1 Å². The molecule has 1 amide bonds. The third-order valence-corrected chi connectivity index (χ3v) is 3.46. The Bertz CT molecular complexity index is 557. The number of hydrogen-bond donors (Lipinski definition) is 0. The number of hydrogen-bond acceptors (Lipinski definition) is 5. The molecule has 1 aromatic rings. The Labute approximate surface area is 124 Å². The Kier molecular flexibility index (Phi) is 4.47. The van der Waals surface area contributed by atoms with Crippen LogP contribution in [-0.4, -0.2) is 62.0 Å². The van der Waals surface area contributed by atoms with Gasteiger partial charge in [-0.05, 0) is 39.2 Å². The fourth-order valence-electron chi connectivity index (χ4n) is 2.06. The van der Waals surface area contributed by atoms with Crippen molar-refractivity contribution in [3.8, 4) is 11.5 Å². The van der Waals surface area contributed by atoms with Crippen molar-refractivity contribution in [1.29, 1.82) is 0 Å². The number of ether oxygens (including phenoxy) is 2. The molecule has 6 heteroatoms. The van der Waals surface area contributed by atoms with E-state index < -0.39 is 6.04 Å². The van der Waals surface area contributed by atoms with Crippen LogP contribution in [0, 0.1) is 0 Å². The van der Waals surface area contributed by atoms with Crippen molar-refractivity contribution in [2.45, 2.75) is 13.0 Å². The van der Waals surface area contributed by atoms with Crippen LogP contribution in [0.3, 0.4) is 0 Å². The van der Waals surface area contributed by atoms with Gasteiger partial charge in [0.05, 0.1) is 12.6 Å². The summed E-state index contributed by atoms with van der Waals surface area (Å²) < 4.78 is 10.5. The van der Waals surface area contributed by atoms with Crippen LogP contribution in [0.2, 0.25) is 0 Å². The number of carbonyl (C=O) groups excluding carboxylic acids is 2. The molecule has 0 bridgehead atoms. The molecule has 6 nitrogen and oxygen atoms in total. The molecule has 0 N–H and O–H groups in total. The maximum absolute atomic E-state index is 12.5. The van der Waals surface area contributed by atoms with Gasteiger partial charge in [-0.15, -0.1) is 0 Å². The van der Waals surface area contributed by atoms with Gasteiger partial charge in [0.25, 0.3) is 0 Å². The highest BCUT2D eigenvalue weighted by Gasteiger charge is 2.25. The van der Waals surface area contributed by atoms with Gasteiger partial charge in [0, 0.05) is 12.6 Å². The summed E-state index contributed by atoms with van der Waals surface area (Å²) >= 11 is 0. The van der Waals surface area contributed by atoms with Crippen molar-refractivity contribution >= 4 is 11.7 Å². The second-order valence-electron chi connectivity index (χ2n) is 5.35. The minimum absolute atomic E-state index is 0.0957. The first-order valence-electron chi connectivity index (χ1n) is 6.74. The normalized spacial score (nSPS) is 14.1. The second-order valence-corrected chi connectivity index (χ2v) is 5.35. The lowest BCUT2D eigenvalue weighted by molar-refractivity contribution is -0.131. The second kappa shape index (κ2) is 6.13. The molecule has 0 fully saturated rings. The van der Waals surface area contributed by atoms with E-state index in [1.165, 1.54) is 4.90 Å². The fraction of sp³-hybridized carbons (Fsp3) is 0.467. The molecule has 1 aromatic carbocycles. The number of benzene rings is 1. The molecule has 1 atom stereocenters. The van der Waals surface area contributed by atoms with E-state index in [1.54, 1.807) is 37.1 Å². The zero-order valence-corrected chi connectivity index (χ0v) is 12.8. The average molecular weight is 292 g/mol. The molecule has 1 aliphatic heterocycles. The number of rotatable bonds is 5. The standard InChI is InChI=1S/C15H20N2O4/c1-10(17(4)14(18)8-16(2)3)15(19)11-5-6-12-13(7-11)21-9-20-12/h5-7,10H,8-9H2,1-4H3. The molecule has 0 radical (unpaired) electrons. The summed E-state index contributed by atoms with van der Waals surface area (Å²) in [6, 6.07) is 4.53. The summed E-state index contributed by atoms with van der Waals surface area (Å²) in [5, 5.41) is 0. The van der Waals surface area contributed by atoms with Gasteiger partial charge in [0.15, 0.2) is 17.3 Å². The number of Topliss-reactive ketones (excluding diaryl/α,β-unsaturated/α-hetero) is 1. The van der Waals surface area contributed by atoms with Crippen molar-refractivity contribution in [2.24, 2.45) is 0 Å². The Hall–Kier alpha value is -2.08. The summed E-state index contributed by atoms with van der Waals surface area (Å²) in [6.07, 6.45) is 0. The summed E-state index contributed by atoms with van der Waals surface area (Å²) in [5.41, 5.74) is 0.510. The van der Waals surface area contributed by atoms with Crippen molar-refractivity contribution in [3.05, 3.63) is 23.8 Å². The molecule has 0 aromatic heterocycles. The minimum atomic E-state index is -0.530. The van der Waals surface area contributed by atoms with E-state index >= 15 is 0 Å². The molecule has 1 aliphatic rings. The number of likely N-dealkylation sites (N-methyl/N-ethyl adjacent to an activating group) is 2. The molecule has 0 aliphatic carbocycles. The van der Waals surface area contributed by atoms with Gasteiger partial charge in [-0.3, -0.25) is 9.59 Å². The van der Waals surface area contributed by atoms with Crippen LogP contribution >= 0.6 is 0 Å². The van der Waals surface area contributed by atoms with E-state index in [0.717, 1.165) is 0 Å². The van der Waals surface area contributed by atoms with Gasteiger partial charge in [0.2, 0.25) is 12.7 Å². The average Bonchev–Trinajstić information content (AvgIpc) is 2.91. The molecule has 21 heavy (non-hydrogen) atoms. The van der Waals surface area contributed by atoms with Crippen molar-refractivity contribution in [3.63, 3.8) is 0 Å². The molecule has 1 unspecified atom stereocenters. The van der Waals surface area contributed by atoms with Gasteiger partial charge in [0.1, 0.15) is 0 Å². The summed E-state index contributed by atoms with van der Waals surface area (Å²) in [4.78, 5) is 27.7. The highest BCUT2D eigenvalue weighted by molar-refractivity contribution is 6.02. The lowest BCUT2D eigenvalue weighted by atomic mass is 10.0. The zero-order valence-electron chi connectivity index (χ0n) is 12.8. The molecule has 114 valence electrons. The third kappa shape index (κ3) is 3.33. The molecule has 0 saturated heterocycles. The highest BCUT2D eigenvalue weighted by Crippen LogP contribution is 2.32. The first kappa shape index (κ1) is 15.3. The Morgan fingerprint density at radius 1 is 1.19 bits per heavy atom. The molecule has 1 heterocycles. The van der Waals surface area contributed by atoms with Crippen molar-refractivity contribution in [1.82, 2.24) is 9.80 Å². The number of fused-ring (bicyclic) bond motifs is 1.